The minimum atomic E-state index is -5.08. The van der Waals surface area contributed by atoms with Crippen molar-refractivity contribution in [3.63, 3.8) is 0 Å². The fraction of sp³-hybridized carbons (Fsp3) is 0.348. The Balaban J connectivity index is 0.000000809. The highest BCUT2D eigenvalue weighted by Crippen LogP contribution is 2.26. The molecule has 2 rings (SSSR count). The fourth-order valence-corrected chi connectivity index (χ4v) is 3.29. The van der Waals surface area contributed by atoms with Gasteiger partial charge in [-0.05, 0) is 48.7 Å². The highest BCUT2D eigenvalue weighted by Gasteiger charge is 2.38. The van der Waals surface area contributed by atoms with Crippen LogP contribution in [0.1, 0.15) is 36.8 Å². The Labute approximate surface area is 208 Å². The Morgan fingerprint density at radius 3 is 1.94 bits per heavy atom. The third-order valence-electron chi connectivity index (χ3n) is 4.94. The Morgan fingerprint density at radius 2 is 1.50 bits per heavy atom. The smallest absolute Gasteiger partial charge is 0.481 e. The monoisotopic (exact) mass is 532 g/mol. The first-order chi connectivity index (χ1) is 16.7. The second-order valence-electron chi connectivity index (χ2n) is 7.71. The highest BCUT2D eigenvalue weighted by atomic mass is 35.5. The van der Waals surface area contributed by atoms with Gasteiger partial charge in [-0.15, -0.1) is 0 Å². The van der Waals surface area contributed by atoms with Gasteiger partial charge in [-0.1, -0.05) is 23.7 Å². The molecule has 0 saturated carbocycles. The van der Waals surface area contributed by atoms with Gasteiger partial charge in [-0.2, -0.15) is 13.2 Å². The molecule has 0 saturated heterocycles. The summed E-state index contributed by atoms with van der Waals surface area (Å²) in [5.74, 6) is -7.18. The molecule has 1 aromatic carbocycles. The molecule has 0 aliphatic heterocycles. The van der Waals surface area contributed by atoms with Crippen LogP contribution < -0.4 is 5.32 Å². The summed E-state index contributed by atoms with van der Waals surface area (Å²) in [6.45, 7) is 1.84. The number of rotatable bonds is 10. The van der Waals surface area contributed by atoms with E-state index in [0.717, 1.165) is 11.1 Å². The molecule has 36 heavy (non-hydrogen) atoms. The molecule has 9 nitrogen and oxygen atoms in total. The number of nitrogens with zero attached hydrogens (tertiary/aromatic N) is 1. The highest BCUT2D eigenvalue weighted by molar-refractivity contribution is 6.30. The number of carboxylic acid groups (broad SMARTS) is 3. The normalized spacial score (nSPS) is 13.4. The standard InChI is InChI=1S/C21H23ClN2O5.C2HF3O2/c1-13(24-19(25)11-16(21(28)29)12-20(26)27)18(10-14-6-8-23-9-7-14)15-2-4-17(22)5-3-15;3-2(4,5)1(6)7/h2-9,13,16,18H,10-12H2,1H3,(H,24,25)(H,26,27)(H,28,29);(H,6,7). The summed E-state index contributed by atoms with van der Waals surface area (Å²) in [5.41, 5.74) is 2.01. The number of benzene rings is 1. The Bertz CT molecular complexity index is 1030. The first-order valence-electron chi connectivity index (χ1n) is 10.4. The topological polar surface area (TPSA) is 154 Å². The maximum Gasteiger partial charge on any atom is 0.490 e. The zero-order valence-electron chi connectivity index (χ0n) is 18.9. The first-order valence-corrected chi connectivity index (χ1v) is 10.8. The molecule has 1 aromatic heterocycles. The molecule has 0 aliphatic rings. The number of alkyl halides is 3. The first kappa shape index (κ1) is 30.4. The molecular weight excluding hydrogens is 509 g/mol. The third-order valence-corrected chi connectivity index (χ3v) is 5.19. The van der Waals surface area contributed by atoms with Gasteiger partial charge in [0.15, 0.2) is 0 Å². The molecule has 13 heteroatoms. The van der Waals surface area contributed by atoms with Crippen molar-refractivity contribution in [1.29, 1.82) is 0 Å². The van der Waals surface area contributed by atoms with Gasteiger partial charge in [0, 0.05) is 35.8 Å². The summed E-state index contributed by atoms with van der Waals surface area (Å²) in [5, 5.41) is 28.5. The molecule has 3 unspecified atom stereocenters. The van der Waals surface area contributed by atoms with Crippen LogP contribution in [-0.4, -0.2) is 56.3 Å². The van der Waals surface area contributed by atoms with Crippen LogP contribution in [0.2, 0.25) is 5.02 Å². The number of aromatic nitrogens is 1. The van der Waals surface area contributed by atoms with Crippen molar-refractivity contribution < 1.29 is 47.7 Å². The molecule has 2 aromatic rings. The lowest BCUT2D eigenvalue weighted by atomic mass is 9.86. The van der Waals surface area contributed by atoms with Crippen molar-refractivity contribution in [1.82, 2.24) is 10.3 Å². The molecule has 0 bridgehead atoms. The minimum absolute atomic E-state index is 0.0960. The minimum Gasteiger partial charge on any atom is -0.481 e. The SMILES string of the molecule is CC(NC(=O)CC(CC(=O)O)C(=O)O)C(Cc1ccncc1)c1ccc(Cl)cc1.O=C(O)C(F)(F)F. The van der Waals surface area contributed by atoms with Crippen molar-refractivity contribution in [2.24, 2.45) is 5.92 Å². The molecule has 1 amide bonds. The third kappa shape index (κ3) is 11.2. The number of carboxylic acids is 3. The van der Waals surface area contributed by atoms with Gasteiger partial charge < -0.3 is 20.6 Å². The quantitative estimate of drug-likeness (QED) is 0.360. The number of pyridine rings is 1. The predicted octanol–water partition coefficient (Wildman–Crippen LogP) is 3.76. The second-order valence-corrected chi connectivity index (χ2v) is 8.15. The molecular formula is C23H24ClF3N2O7. The average molecular weight is 533 g/mol. The molecule has 0 aliphatic carbocycles. The number of halogens is 4. The maximum atomic E-state index is 12.4. The van der Waals surface area contributed by atoms with Gasteiger partial charge in [0.2, 0.25) is 5.91 Å². The molecule has 3 atom stereocenters. The summed E-state index contributed by atoms with van der Waals surface area (Å²) in [4.78, 5) is 47.4. The van der Waals surface area contributed by atoms with E-state index in [2.05, 4.69) is 10.3 Å². The lowest BCUT2D eigenvalue weighted by molar-refractivity contribution is -0.192. The van der Waals surface area contributed by atoms with Crippen molar-refractivity contribution >= 4 is 35.4 Å². The van der Waals surface area contributed by atoms with E-state index >= 15 is 0 Å². The van der Waals surface area contributed by atoms with Gasteiger partial charge in [0.1, 0.15) is 0 Å². The summed E-state index contributed by atoms with van der Waals surface area (Å²) < 4.78 is 31.7. The van der Waals surface area contributed by atoms with E-state index in [1.807, 2.05) is 31.2 Å². The van der Waals surface area contributed by atoms with Crippen molar-refractivity contribution in [3.05, 3.63) is 64.9 Å². The van der Waals surface area contributed by atoms with E-state index < -0.39 is 48.8 Å². The number of nitrogens with one attached hydrogen (secondary N) is 1. The van der Waals surface area contributed by atoms with Crippen molar-refractivity contribution in [2.75, 3.05) is 0 Å². The van der Waals surface area contributed by atoms with Crippen LogP contribution in [0.3, 0.4) is 0 Å². The van der Waals surface area contributed by atoms with Crippen molar-refractivity contribution in [2.45, 2.75) is 44.3 Å². The summed E-state index contributed by atoms with van der Waals surface area (Å²) in [6, 6.07) is 10.8. The number of aliphatic carboxylic acids is 3. The number of amides is 1. The largest absolute Gasteiger partial charge is 0.490 e. The van der Waals surface area contributed by atoms with E-state index in [4.69, 9.17) is 31.7 Å². The van der Waals surface area contributed by atoms with Gasteiger partial charge in [-0.25, -0.2) is 4.79 Å². The van der Waals surface area contributed by atoms with Gasteiger partial charge >= 0.3 is 24.1 Å². The predicted molar refractivity (Wildman–Crippen MR) is 121 cm³/mol. The summed E-state index contributed by atoms with van der Waals surface area (Å²) in [7, 11) is 0. The fourth-order valence-electron chi connectivity index (χ4n) is 3.16. The molecule has 0 spiro atoms. The maximum absolute atomic E-state index is 12.4. The van der Waals surface area contributed by atoms with Gasteiger partial charge in [-0.3, -0.25) is 19.4 Å². The van der Waals surface area contributed by atoms with Crippen LogP contribution in [-0.2, 0) is 25.6 Å². The van der Waals surface area contributed by atoms with Crippen LogP contribution >= 0.6 is 11.6 Å². The molecule has 196 valence electrons. The van der Waals surface area contributed by atoms with Gasteiger partial charge in [0.25, 0.3) is 0 Å². The van der Waals surface area contributed by atoms with Crippen LogP contribution in [0.5, 0.6) is 0 Å². The van der Waals surface area contributed by atoms with E-state index in [-0.39, 0.29) is 12.0 Å². The second kappa shape index (κ2) is 14.0. The molecule has 4 N–H and O–H groups in total. The molecule has 1 heterocycles. The Hall–Kier alpha value is -3.67. The van der Waals surface area contributed by atoms with E-state index in [0.29, 0.717) is 11.4 Å². The molecule has 0 fully saturated rings. The Kier molecular flexibility index (Phi) is 11.8. The lowest BCUT2D eigenvalue weighted by Crippen LogP contribution is -2.39. The number of carbonyl (C=O) groups excluding carboxylic acids is 1. The number of hydrogen-bond donors (Lipinski definition) is 4. The number of carbonyl (C=O) groups is 4. The van der Waals surface area contributed by atoms with E-state index in [1.165, 1.54) is 0 Å². The van der Waals surface area contributed by atoms with E-state index in [9.17, 15) is 27.6 Å². The lowest BCUT2D eigenvalue weighted by Gasteiger charge is -2.26. The Morgan fingerprint density at radius 1 is 0.972 bits per heavy atom. The summed E-state index contributed by atoms with van der Waals surface area (Å²) in [6.07, 6.45) is -2.06. The van der Waals surface area contributed by atoms with Crippen LogP contribution in [0.4, 0.5) is 13.2 Å². The van der Waals surface area contributed by atoms with E-state index in [1.54, 1.807) is 24.5 Å². The summed E-state index contributed by atoms with van der Waals surface area (Å²) >= 11 is 5.99. The van der Waals surface area contributed by atoms with Gasteiger partial charge in [0.05, 0.1) is 12.3 Å². The molecule has 0 radical (unpaired) electrons. The average Bonchev–Trinajstić information content (AvgIpc) is 2.77. The van der Waals surface area contributed by atoms with Crippen LogP contribution in [0.25, 0.3) is 0 Å². The number of hydrogen-bond acceptors (Lipinski definition) is 5. The zero-order valence-corrected chi connectivity index (χ0v) is 19.7. The van der Waals surface area contributed by atoms with Crippen LogP contribution in [0, 0.1) is 5.92 Å². The van der Waals surface area contributed by atoms with Crippen LogP contribution in [0.15, 0.2) is 48.8 Å². The van der Waals surface area contributed by atoms with Crippen molar-refractivity contribution in [3.8, 4) is 0 Å². The zero-order chi connectivity index (χ0) is 27.5.